The number of benzene rings is 1. The summed E-state index contributed by atoms with van der Waals surface area (Å²) in [6.07, 6.45) is 3.99. The SMILES string of the molecule is CC[C@@H](C)NSc1ccc2cncc(F)c2c1. The largest absolute Gasteiger partial charge is 0.261 e. The first-order chi connectivity index (χ1) is 8.20. The van der Waals surface area contributed by atoms with Crippen molar-refractivity contribution in [2.45, 2.75) is 31.2 Å². The van der Waals surface area contributed by atoms with Crippen LogP contribution in [-0.4, -0.2) is 11.0 Å². The van der Waals surface area contributed by atoms with E-state index in [1.54, 1.807) is 6.20 Å². The van der Waals surface area contributed by atoms with Gasteiger partial charge in [0, 0.05) is 27.9 Å². The van der Waals surface area contributed by atoms with Gasteiger partial charge in [0.2, 0.25) is 0 Å². The molecule has 1 atom stereocenters. The summed E-state index contributed by atoms with van der Waals surface area (Å²) in [5.41, 5.74) is 0. The van der Waals surface area contributed by atoms with Crippen molar-refractivity contribution >= 4 is 22.7 Å². The van der Waals surface area contributed by atoms with Gasteiger partial charge in [-0.05, 0) is 37.4 Å². The van der Waals surface area contributed by atoms with Gasteiger partial charge in [0.25, 0.3) is 0 Å². The molecule has 2 rings (SSSR count). The summed E-state index contributed by atoms with van der Waals surface area (Å²) in [7, 11) is 0. The molecule has 0 aliphatic rings. The first-order valence-electron chi connectivity index (χ1n) is 5.66. The topological polar surface area (TPSA) is 24.9 Å². The molecule has 0 radical (unpaired) electrons. The van der Waals surface area contributed by atoms with Gasteiger partial charge in [-0.15, -0.1) is 0 Å². The van der Waals surface area contributed by atoms with E-state index in [-0.39, 0.29) is 5.82 Å². The zero-order valence-electron chi connectivity index (χ0n) is 9.90. The summed E-state index contributed by atoms with van der Waals surface area (Å²) in [5.74, 6) is -0.270. The molecule has 0 fully saturated rings. The van der Waals surface area contributed by atoms with Gasteiger partial charge in [-0.2, -0.15) is 0 Å². The maximum atomic E-state index is 13.5. The maximum Gasteiger partial charge on any atom is 0.149 e. The van der Waals surface area contributed by atoms with Crippen LogP contribution in [0.4, 0.5) is 4.39 Å². The smallest absolute Gasteiger partial charge is 0.149 e. The third kappa shape index (κ3) is 2.96. The molecule has 0 spiro atoms. The first-order valence-corrected chi connectivity index (χ1v) is 6.48. The van der Waals surface area contributed by atoms with Crippen LogP contribution in [0.25, 0.3) is 10.8 Å². The second kappa shape index (κ2) is 5.47. The predicted molar refractivity (Wildman–Crippen MR) is 70.4 cm³/mol. The van der Waals surface area contributed by atoms with Crippen molar-refractivity contribution < 1.29 is 4.39 Å². The molecule has 0 aliphatic heterocycles. The number of nitrogens with zero attached hydrogens (tertiary/aromatic N) is 1. The van der Waals surface area contributed by atoms with Crippen molar-refractivity contribution in [3.05, 3.63) is 36.4 Å². The number of hydrogen-bond acceptors (Lipinski definition) is 3. The van der Waals surface area contributed by atoms with E-state index in [1.807, 2.05) is 18.2 Å². The van der Waals surface area contributed by atoms with Gasteiger partial charge in [-0.3, -0.25) is 9.71 Å². The van der Waals surface area contributed by atoms with Gasteiger partial charge in [0.15, 0.2) is 0 Å². The van der Waals surface area contributed by atoms with Crippen molar-refractivity contribution in [1.29, 1.82) is 0 Å². The summed E-state index contributed by atoms with van der Waals surface area (Å²) >= 11 is 1.54. The predicted octanol–water partition coefficient (Wildman–Crippen LogP) is 3.77. The van der Waals surface area contributed by atoms with Crippen LogP contribution in [0.5, 0.6) is 0 Å². The van der Waals surface area contributed by atoms with Crippen LogP contribution in [0.2, 0.25) is 0 Å². The molecule has 0 bridgehead atoms. The van der Waals surface area contributed by atoms with Crippen molar-refractivity contribution in [2.75, 3.05) is 0 Å². The molecule has 17 heavy (non-hydrogen) atoms. The second-order valence-electron chi connectivity index (χ2n) is 4.03. The Morgan fingerprint density at radius 3 is 3.00 bits per heavy atom. The van der Waals surface area contributed by atoms with E-state index in [9.17, 15) is 4.39 Å². The molecule has 90 valence electrons. The number of rotatable bonds is 4. The molecule has 1 aromatic heterocycles. The highest BCUT2D eigenvalue weighted by Gasteiger charge is 2.04. The van der Waals surface area contributed by atoms with Crippen molar-refractivity contribution in [3.63, 3.8) is 0 Å². The Hall–Kier alpha value is -1.13. The number of halogens is 1. The monoisotopic (exact) mass is 250 g/mol. The van der Waals surface area contributed by atoms with Crippen LogP contribution >= 0.6 is 11.9 Å². The van der Waals surface area contributed by atoms with E-state index >= 15 is 0 Å². The molecule has 0 saturated carbocycles. The van der Waals surface area contributed by atoms with E-state index in [4.69, 9.17) is 0 Å². The Labute approximate surface area is 105 Å². The Balaban J connectivity index is 2.22. The third-order valence-electron chi connectivity index (χ3n) is 2.67. The fraction of sp³-hybridized carbons (Fsp3) is 0.308. The number of pyridine rings is 1. The lowest BCUT2D eigenvalue weighted by molar-refractivity contribution is 0.633. The molecule has 0 amide bonds. The lowest BCUT2D eigenvalue weighted by Crippen LogP contribution is -2.17. The Kier molecular flexibility index (Phi) is 3.97. The fourth-order valence-corrected chi connectivity index (χ4v) is 2.24. The van der Waals surface area contributed by atoms with E-state index in [0.717, 1.165) is 16.7 Å². The summed E-state index contributed by atoms with van der Waals surface area (Å²) in [6, 6.07) is 6.17. The van der Waals surface area contributed by atoms with Gasteiger partial charge in [-0.1, -0.05) is 13.0 Å². The Bertz CT molecular complexity index is 516. The minimum Gasteiger partial charge on any atom is -0.261 e. The summed E-state index contributed by atoms with van der Waals surface area (Å²) in [4.78, 5) is 4.85. The van der Waals surface area contributed by atoms with Gasteiger partial charge in [-0.25, -0.2) is 4.39 Å². The van der Waals surface area contributed by atoms with Gasteiger partial charge >= 0.3 is 0 Å². The maximum absolute atomic E-state index is 13.5. The molecule has 1 heterocycles. The number of aromatic nitrogens is 1. The molecule has 2 aromatic rings. The van der Waals surface area contributed by atoms with E-state index in [2.05, 4.69) is 23.6 Å². The quantitative estimate of drug-likeness (QED) is 0.836. The van der Waals surface area contributed by atoms with Crippen LogP contribution in [0.1, 0.15) is 20.3 Å². The number of fused-ring (bicyclic) bond motifs is 1. The average molecular weight is 250 g/mol. The zero-order valence-corrected chi connectivity index (χ0v) is 10.7. The Morgan fingerprint density at radius 1 is 1.41 bits per heavy atom. The molecule has 0 saturated heterocycles. The Morgan fingerprint density at radius 2 is 2.24 bits per heavy atom. The zero-order chi connectivity index (χ0) is 12.3. The van der Waals surface area contributed by atoms with Gasteiger partial charge < -0.3 is 0 Å². The average Bonchev–Trinajstić information content (AvgIpc) is 2.36. The lowest BCUT2D eigenvalue weighted by atomic mass is 10.2. The van der Waals surface area contributed by atoms with Crippen LogP contribution in [0.15, 0.2) is 35.5 Å². The molecule has 4 heteroatoms. The lowest BCUT2D eigenvalue weighted by Gasteiger charge is -2.10. The van der Waals surface area contributed by atoms with Crippen LogP contribution < -0.4 is 4.72 Å². The molecule has 2 nitrogen and oxygen atoms in total. The van der Waals surface area contributed by atoms with E-state index < -0.39 is 0 Å². The van der Waals surface area contributed by atoms with Crippen LogP contribution in [-0.2, 0) is 0 Å². The highest BCUT2D eigenvalue weighted by Crippen LogP contribution is 2.23. The highest BCUT2D eigenvalue weighted by atomic mass is 32.2. The molecule has 1 N–H and O–H groups in total. The fourth-order valence-electron chi connectivity index (χ4n) is 1.42. The van der Waals surface area contributed by atoms with Crippen molar-refractivity contribution in [2.24, 2.45) is 0 Å². The van der Waals surface area contributed by atoms with Crippen LogP contribution in [0.3, 0.4) is 0 Å². The minimum absolute atomic E-state index is 0.270. The first kappa shape index (κ1) is 12.3. The molecule has 0 aliphatic carbocycles. The van der Waals surface area contributed by atoms with E-state index in [0.29, 0.717) is 11.4 Å². The summed E-state index contributed by atoms with van der Waals surface area (Å²) in [5, 5.41) is 1.45. The summed E-state index contributed by atoms with van der Waals surface area (Å²) < 4.78 is 16.9. The van der Waals surface area contributed by atoms with Crippen molar-refractivity contribution in [1.82, 2.24) is 9.71 Å². The minimum atomic E-state index is -0.270. The highest BCUT2D eigenvalue weighted by molar-refractivity contribution is 7.97. The molecular weight excluding hydrogens is 235 g/mol. The standard InChI is InChI=1S/C13H15FN2S/c1-3-9(2)16-17-11-5-4-10-7-15-8-13(14)12(10)6-11/h4-9,16H,3H2,1-2H3/t9-/m1/s1. The molecule has 0 unspecified atom stereocenters. The normalized spacial score (nSPS) is 12.9. The second-order valence-corrected chi connectivity index (χ2v) is 4.94. The molecular formula is C13H15FN2S. The van der Waals surface area contributed by atoms with Crippen LogP contribution in [0, 0.1) is 5.82 Å². The number of hydrogen-bond donors (Lipinski definition) is 1. The summed E-state index contributed by atoms with van der Waals surface area (Å²) in [6.45, 7) is 4.25. The van der Waals surface area contributed by atoms with E-state index in [1.165, 1.54) is 18.1 Å². The van der Waals surface area contributed by atoms with Gasteiger partial charge in [0.05, 0.1) is 6.20 Å². The number of nitrogens with one attached hydrogen (secondary N) is 1. The van der Waals surface area contributed by atoms with Gasteiger partial charge in [0.1, 0.15) is 5.82 Å². The molecule has 1 aromatic carbocycles. The van der Waals surface area contributed by atoms with Crippen molar-refractivity contribution in [3.8, 4) is 0 Å². The third-order valence-corrected chi connectivity index (χ3v) is 3.68.